The molecule has 1 aliphatic heterocycles. The predicted octanol–water partition coefficient (Wildman–Crippen LogP) is 3.78. The third-order valence-corrected chi connectivity index (χ3v) is 8.05. The smallest absolute Gasteiger partial charge is 0.243 e. The summed E-state index contributed by atoms with van der Waals surface area (Å²) in [7, 11) is -3.54. The van der Waals surface area contributed by atoms with Crippen molar-refractivity contribution in [3.8, 4) is 11.1 Å². The number of sulfonamides is 1. The van der Waals surface area contributed by atoms with Crippen LogP contribution >= 0.6 is 0 Å². The van der Waals surface area contributed by atoms with Crippen molar-refractivity contribution in [1.82, 2.24) is 19.5 Å². The van der Waals surface area contributed by atoms with Crippen molar-refractivity contribution >= 4 is 32.6 Å². The molecule has 1 fully saturated rings. The Morgan fingerprint density at radius 3 is 2.45 bits per heavy atom. The van der Waals surface area contributed by atoms with Gasteiger partial charge in [0.05, 0.1) is 10.4 Å². The Kier molecular flexibility index (Phi) is 5.51. The van der Waals surface area contributed by atoms with E-state index in [4.69, 9.17) is 5.73 Å². The van der Waals surface area contributed by atoms with Gasteiger partial charge in [0.1, 0.15) is 5.82 Å². The standard InChI is InChI=1S/C24H26N6O2S/c1-16-2-9-23(26-15-16)27-19-10-12-30(13-11-19)33(31,32)20-6-3-17(4-7-20)18-5-8-22-21(14-18)24(25)29-28-22/h2-9,14-15,19H,10-13H2,1H3,(H,26,27)(H3,25,28,29). The molecule has 0 bridgehead atoms. The molecule has 0 atom stereocenters. The highest BCUT2D eigenvalue weighted by Gasteiger charge is 2.29. The number of hydrogen-bond acceptors (Lipinski definition) is 6. The van der Waals surface area contributed by atoms with Crippen LogP contribution in [0, 0.1) is 6.92 Å². The molecule has 2 aromatic heterocycles. The van der Waals surface area contributed by atoms with E-state index in [1.54, 1.807) is 16.4 Å². The van der Waals surface area contributed by atoms with Gasteiger partial charge >= 0.3 is 0 Å². The lowest BCUT2D eigenvalue weighted by molar-refractivity contribution is 0.329. The number of aromatic amines is 1. The minimum Gasteiger partial charge on any atom is -0.382 e. The zero-order valence-corrected chi connectivity index (χ0v) is 19.1. The zero-order valence-electron chi connectivity index (χ0n) is 18.3. The Labute approximate surface area is 192 Å². The van der Waals surface area contributed by atoms with Crippen LogP contribution in [0.25, 0.3) is 22.0 Å². The van der Waals surface area contributed by atoms with Gasteiger partial charge in [-0.15, -0.1) is 0 Å². The number of benzene rings is 2. The molecular formula is C24H26N6O2S. The summed E-state index contributed by atoms with van der Waals surface area (Å²) in [5.74, 6) is 1.27. The highest BCUT2D eigenvalue weighted by molar-refractivity contribution is 7.89. The number of pyridine rings is 1. The summed E-state index contributed by atoms with van der Waals surface area (Å²) in [4.78, 5) is 4.69. The Morgan fingerprint density at radius 2 is 1.76 bits per heavy atom. The second-order valence-corrected chi connectivity index (χ2v) is 10.4. The van der Waals surface area contributed by atoms with Gasteiger partial charge in [0.2, 0.25) is 10.0 Å². The van der Waals surface area contributed by atoms with Crippen LogP contribution in [0.4, 0.5) is 11.6 Å². The van der Waals surface area contributed by atoms with Crippen molar-refractivity contribution in [3.63, 3.8) is 0 Å². The Morgan fingerprint density at radius 1 is 1.03 bits per heavy atom. The molecule has 4 aromatic rings. The summed E-state index contributed by atoms with van der Waals surface area (Å²) in [6.07, 6.45) is 3.30. The molecule has 9 heteroatoms. The van der Waals surface area contributed by atoms with Crippen LogP contribution < -0.4 is 11.1 Å². The van der Waals surface area contributed by atoms with Crippen molar-refractivity contribution < 1.29 is 8.42 Å². The molecule has 3 heterocycles. The van der Waals surface area contributed by atoms with Gasteiger partial charge in [-0.2, -0.15) is 9.40 Å². The maximum atomic E-state index is 13.2. The van der Waals surface area contributed by atoms with Gasteiger partial charge < -0.3 is 11.1 Å². The number of hydrogen-bond donors (Lipinski definition) is 3. The number of aromatic nitrogens is 3. The van der Waals surface area contributed by atoms with E-state index in [9.17, 15) is 8.42 Å². The number of nitrogens with two attached hydrogens (primary N) is 1. The molecule has 0 saturated carbocycles. The van der Waals surface area contributed by atoms with Crippen LogP contribution in [0.3, 0.4) is 0 Å². The van der Waals surface area contributed by atoms with Gasteiger partial charge in [-0.25, -0.2) is 13.4 Å². The lowest BCUT2D eigenvalue weighted by Gasteiger charge is -2.32. The average molecular weight is 463 g/mol. The van der Waals surface area contributed by atoms with E-state index in [0.717, 1.165) is 46.3 Å². The van der Waals surface area contributed by atoms with Crippen LogP contribution in [-0.2, 0) is 10.0 Å². The maximum absolute atomic E-state index is 13.2. The molecule has 0 amide bonds. The molecule has 4 N–H and O–H groups in total. The molecule has 170 valence electrons. The normalized spacial score (nSPS) is 15.7. The van der Waals surface area contributed by atoms with Gasteiger partial charge in [-0.1, -0.05) is 24.3 Å². The van der Waals surface area contributed by atoms with Crippen molar-refractivity contribution in [2.75, 3.05) is 24.1 Å². The molecule has 0 unspecified atom stereocenters. The first-order chi connectivity index (χ1) is 15.9. The van der Waals surface area contributed by atoms with Crippen LogP contribution in [0.2, 0.25) is 0 Å². The molecule has 1 aliphatic rings. The van der Waals surface area contributed by atoms with E-state index < -0.39 is 10.0 Å². The van der Waals surface area contributed by atoms with E-state index in [-0.39, 0.29) is 6.04 Å². The summed E-state index contributed by atoms with van der Waals surface area (Å²) in [5, 5.41) is 11.2. The van der Waals surface area contributed by atoms with Crippen LogP contribution in [0.1, 0.15) is 18.4 Å². The Bertz CT molecular complexity index is 1370. The number of nitrogens with zero attached hydrogens (tertiary/aromatic N) is 3. The topological polar surface area (TPSA) is 117 Å². The van der Waals surface area contributed by atoms with E-state index in [1.807, 2.05) is 55.6 Å². The number of piperidine rings is 1. The first-order valence-electron chi connectivity index (χ1n) is 10.9. The average Bonchev–Trinajstić information content (AvgIpc) is 3.21. The van der Waals surface area contributed by atoms with Gasteiger partial charge in [-0.05, 0) is 66.8 Å². The fourth-order valence-corrected chi connectivity index (χ4v) is 5.65. The predicted molar refractivity (Wildman–Crippen MR) is 130 cm³/mol. The molecule has 0 spiro atoms. The molecule has 0 radical (unpaired) electrons. The monoisotopic (exact) mass is 462 g/mol. The Balaban J connectivity index is 1.27. The van der Waals surface area contributed by atoms with Crippen molar-refractivity contribution in [1.29, 1.82) is 0 Å². The van der Waals surface area contributed by atoms with Crippen LogP contribution in [-0.4, -0.2) is 47.0 Å². The van der Waals surface area contributed by atoms with Crippen molar-refractivity contribution in [2.24, 2.45) is 0 Å². The number of nitrogens with one attached hydrogen (secondary N) is 2. The number of rotatable bonds is 5. The summed E-state index contributed by atoms with van der Waals surface area (Å²) in [6.45, 7) is 2.95. The number of fused-ring (bicyclic) bond motifs is 1. The third kappa shape index (κ3) is 4.29. The van der Waals surface area contributed by atoms with Gasteiger partial charge in [0, 0.05) is 30.7 Å². The number of H-pyrrole nitrogens is 1. The zero-order chi connectivity index (χ0) is 23.0. The van der Waals surface area contributed by atoms with Gasteiger partial charge in [0.15, 0.2) is 5.82 Å². The first-order valence-corrected chi connectivity index (χ1v) is 12.4. The largest absolute Gasteiger partial charge is 0.382 e. The fraction of sp³-hybridized carbons (Fsp3) is 0.250. The minimum atomic E-state index is -3.54. The molecule has 5 rings (SSSR count). The summed E-state index contributed by atoms with van der Waals surface area (Å²) >= 11 is 0. The quantitative estimate of drug-likeness (QED) is 0.416. The molecule has 33 heavy (non-hydrogen) atoms. The lowest BCUT2D eigenvalue weighted by Crippen LogP contribution is -2.42. The van der Waals surface area contributed by atoms with E-state index in [2.05, 4.69) is 20.5 Å². The third-order valence-electron chi connectivity index (χ3n) is 6.14. The second kappa shape index (κ2) is 8.49. The summed E-state index contributed by atoms with van der Waals surface area (Å²) in [6, 6.07) is 17.0. The minimum absolute atomic E-state index is 0.208. The summed E-state index contributed by atoms with van der Waals surface area (Å²) < 4.78 is 27.9. The fourth-order valence-electron chi connectivity index (χ4n) is 4.19. The summed E-state index contributed by atoms with van der Waals surface area (Å²) in [5.41, 5.74) is 9.76. The van der Waals surface area contributed by atoms with E-state index in [0.29, 0.717) is 23.8 Å². The molecule has 8 nitrogen and oxygen atoms in total. The van der Waals surface area contributed by atoms with Gasteiger partial charge in [-0.3, -0.25) is 5.10 Å². The van der Waals surface area contributed by atoms with Gasteiger partial charge in [0.25, 0.3) is 0 Å². The number of anilines is 2. The van der Waals surface area contributed by atoms with E-state index >= 15 is 0 Å². The first kappa shape index (κ1) is 21.4. The van der Waals surface area contributed by atoms with E-state index in [1.165, 1.54) is 0 Å². The van der Waals surface area contributed by atoms with Crippen molar-refractivity contribution in [3.05, 3.63) is 66.4 Å². The highest BCUT2D eigenvalue weighted by atomic mass is 32.2. The lowest BCUT2D eigenvalue weighted by atomic mass is 10.0. The molecule has 0 aliphatic carbocycles. The van der Waals surface area contributed by atoms with Crippen LogP contribution in [0.5, 0.6) is 0 Å². The Hall–Kier alpha value is -3.43. The maximum Gasteiger partial charge on any atom is 0.243 e. The molecular weight excluding hydrogens is 436 g/mol. The SMILES string of the molecule is Cc1ccc(NC2CCN(S(=O)(=O)c3ccc(-c4ccc5[nH]nc(N)c5c4)cc3)CC2)nc1. The molecule has 2 aromatic carbocycles. The highest BCUT2D eigenvalue weighted by Crippen LogP contribution is 2.28. The second-order valence-electron chi connectivity index (χ2n) is 8.44. The van der Waals surface area contributed by atoms with Crippen LogP contribution in [0.15, 0.2) is 65.7 Å². The number of aryl methyl sites for hydroxylation is 1. The van der Waals surface area contributed by atoms with Crippen molar-refractivity contribution in [2.45, 2.75) is 30.7 Å². The number of nitrogen functional groups attached to an aromatic ring is 1. The molecule has 1 saturated heterocycles.